The standard InChI is InChI=1S/C14H16ClF2NO3/c1-8(6-9-4-2-3-5-10(9)15)13(19)18-11(14(20)21)7-12(16)17/h2-5,8,11-12H,6-7H2,1H3,(H,18,19)(H,20,21). The van der Waals surface area contributed by atoms with E-state index in [0.29, 0.717) is 11.4 Å². The fraction of sp³-hybridized carbons (Fsp3) is 0.429. The number of halogens is 3. The molecule has 2 atom stereocenters. The van der Waals surface area contributed by atoms with E-state index in [-0.39, 0.29) is 0 Å². The topological polar surface area (TPSA) is 66.4 Å². The molecule has 7 heteroatoms. The van der Waals surface area contributed by atoms with E-state index >= 15 is 0 Å². The predicted octanol–water partition coefficient (Wildman–Crippen LogP) is 2.74. The first-order valence-electron chi connectivity index (χ1n) is 6.36. The summed E-state index contributed by atoms with van der Waals surface area (Å²) in [4.78, 5) is 22.7. The Hall–Kier alpha value is -1.69. The SMILES string of the molecule is CC(Cc1ccccc1Cl)C(=O)NC(CC(F)F)C(=O)O. The molecular weight excluding hydrogens is 304 g/mol. The summed E-state index contributed by atoms with van der Waals surface area (Å²) in [6, 6.07) is 5.35. The van der Waals surface area contributed by atoms with Crippen molar-refractivity contribution in [3.63, 3.8) is 0 Å². The summed E-state index contributed by atoms with van der Waals surface area (Å²) in [6.07, 6.45) is -3.42. The normalized spacial score (nSPS) is 13.8. The largest absolute Gasteiger partial charge is 0.480 e. The Balaban J connectivity index is 2.65. The van der Waals surface area contributed by atoms with E-state index in [4.69, 9.17) is 16.7 Å². The molecule has 2 N–H and O–H groups in total. The molecule has 0 spiro atoms. The lowest BCUT2D eigenvalue weighted by atomic mass is 10.00. The van der Waals surface area contributed by atoms with Crippen molar-refractivity contribution in [2.45, 2.75) is 32.2 Å². The zero-order chi connectivity index (χ0) is 16.0. The van der Waals surface area contributed by atoms with Gasteiger partial charge in [-0.1, -0.05) is 36.7 Å². The summed E-state index contributed by atoms with van der Waals surface area (Å²) >= 11 is 5.97. The third-order valence-electron chi connectivity index (χ3n) is 2.96. The highest BCUT2D eigenvalue weighted by Gasteiger charge is 2.26. The van der Waals surface area contributed by atoms with Crippen LogP contribution in [0.3, 0.4) is 0 Å². The molecule has 0 saturated carbocycles. The van der Waals surface area contributed by atoms with Gasteiger partial charge in [0, 0.05) is 17.4 Å². The Kier molecular flexibility index (Phi) is 6.55. The lowest BCUT2D eigenvalue weighted by Gasteiger charge is -2.18. The van der Waals surface area contributed by atoms with Crippen LogP contribution in [0.25, 0.3) is 0 Å². The van der Waals surface area contributed by atoms with Crippen LogP contribution in [-0.4, -0.2) is 29.5 Å². The lowest BCUT2D eigenvalue weighted by molar-refractivity contribution is -0.143. The smallest absolute Gasteiger partial charge is 0.326 e. The summed E-state index contributed by atoms with van der Waals surface area (Å²) in [5.41, 5.74) is 0.738. The molecular formula is C14H16ClF2NO3. The molecule has 1 aromatic rings. The second-order valence-electron chi connectivity index (χ2n) is 4.72. The van der Waals surface area contributed by atoms with Crippen LogP contribution in [0.15, 0.2) is 24.3 Å². The van der Waals surface area contributed by atoms with Crippen molar-refractivity contribution >= 4 is 23.5 Å². The molecule has 0 fully saturated rings. The Labute approximate surface area is 126 Å². The van der Waals surface area contributed by atoms with Gasteiger partial charge in [-0.3, -0.25) is 4.79 Å². The molecule has 1 rings (SSSR count). The molecule has 1 amide bonds. The number of hydrogen-bond acceptors (Lipinski definition) is 2. The van der Waals surface area contributed by atoms with Gasteiger partial charge in [0.05, 0.1) is 0 Å². The van der Waals surface area contributed by atoms with E-state index < -0.39 is 36.7 Å². The van der Waals surface area contributed by atoms with Crippen molar-refractivity contribution in [1.82, 2.24) is 5.32 Å². The maximum atomic E-state index is 12.3. The molecule has 0 bridgehead atoms. The van der Waals surface area contributed by atoms with E-state index in [1.165, 1.54) is 0 Å². The van der Waals surface area contributed by atoms with Crippen LogP contribution < -0.4 is 5.32 Å². The molecule has 0 aliphatic heterocycles. The van der Waals surface area contributed by atoms with Crippen LogP contribution in [0, 0.1) is 5.92 Å². The van der Waals surface area contributed by atoms with Gasteiger partial charge >= 0.3 is 5.97 Å². The van der Waals surface area contributed by atoms with Gasteiger partial charge in [-0.25, -0.2) is 13.6 Å². The molecule has 0 aliphatic carbocycles. The number of rotatable bonds is 7. The van der Waals surface area contributed by atoms with Gasteiger partial charge in [-0.2, -0.15) is 0 Å². The van der Waals surface area contributed by atoms with Crippen LogP contribution in [0.1, 0.15) is 18.9 Å². The van der Waals surface area contributed by atoms with E-state index in [0.717, 1.165) is 5.56 Å². The minimum atomic E-state index is -2.80. The van der Waals surface area contributed by atoms with Gasteiger partial charge in [0.1, 0.15) is 6.04 Å². The van der Waals surface area contributed by atoms with Crippen LogP contribution in [0.5, 0.6) is 0 Å². The second-order valence-corrected chi connectivity index (χ2v) is 5.13. The molecule has 116 valence electrons. The number of hydrogen-bond donors (Lipinski definition) is 2. The fourth-order valence-corrected chi connectivity index (χ4v) is 2.01. The van der Waals surface area contributed by atoms with Crippen molar-refractivity contribution in [3.05, 3.63) is 34.9 Å². The Morgan fingerprint density at radius 1 is 1.33 bits per heavy atom. The highest BCUT2D eigenvalue weighted by molar-refractivity contribution is 6.31. The molecule has 21 heavy (non-hydrogen) atoms. The number of carboxylic acid groups (broad SMARTS) is 1. The van der Waals surface area contributed by atoms with Gasteiger partial charge < -0.3 is 10.4 Å². The van der Waals surface area contributed by atoms with Gasteiger partial charge in [0.25, 0.3) is 0 Å². The molecule has 0 heterocycles. The maximum absolute atomic E-state index is 12.3. The van der Waals surface area contributed by atoms with E-state index in [1.54, 1.807) is 31.2 Å². The number of carboxylic acids is 1. The number of benzene rings is 1. The predicted molar refractivity (Wildman–Crippen MR) is 74.5 cm³/mol. The molecule has 0 saturated heterocycles. The van der Waals surface area contributed by atoms with Crippen molar-refractivity contribution in [2.75, 3.05) is 0 Å². The van der Waals surface area contributed by atoms with Crippen molar-refractivity contribution < 1.29 is 23.5 Å². The highest BCUT2D eigenvalue weighted by Crippen LogP contribution is 2.19. The van der Waals surface area contributed by atoms with Gasteiger partial charge in [-0.05, 0) is 18.1 Å². The molecule has 0 aliphatic rings. The molecule has 0 aromatic heterocycles. The summed E-state index contributed by atoms with van der Waals surface area (Å²) in [6.45, 7) is 1.58. The summed E-state index contributed by atoms with van der Waals surface area (Å²) in [5.74, 6) is -2.65. The third kappa shape index (κ3) is 5.67. The first-order valence-corrected chi connectivity index (χ1v) is 6.73. The Bertz CT molecular complexity index is 511. The molecule has 4 nitrogen and oxygen atoms in total. The Morgan fingerprint density at radius 2 is 1.95 bits per heavy atom. The number of amides is 1. The molecule has 0 radical (unpaired) electrons. The minimum absolute atomic E-state index is 0.298. The number of nitrogens with one attached hydrogen (secondary N) is 1. The fourth-order valence-electron chi connectivity index (χ4n) is 1.80. The number of alkyl halides is 2. The first kappa shape index (κ1) is 17.4. The quantitative estimate of drug-likeness (QED) is 0.812. The maximum Gasteiger partial charge on any atom is 0.326 e. The highest BCUT2D eigenvalue weighted by atomic mass is 35.5. The lowest BCUT2D eigenvalue weighted by Crippen LogP contribution is -2.44. The van der Waals surface area contributed by atoms with E-state index in [1.807, 2.05) is 0 Å². The number of aliphatic carboxylic acids is 1. The van der Waals surface area contributed by atoms with Crippen LogP contribution >= 0.6 is 11.6 Å². The number of carbonyl (C=O) groups excluding carboxylic acids is 1. The van der Waals surface area contributed by atoms with Crippen LogP contribution in [0.4, 0.5) is 8.78 Å². The summed E-state index contributed by atoms with van der Waals surface area (Å²) < 4.78 is 24.5. The minimum Gasteiger partial charge on any atom is -0.480 e. The summed E-state index contributed by atoms with van der Waals surface area (Å²) in [7, 11) is 0. The first-order chi connectivity index (χ1) is 9.81. The Morgan fingerprint density at radius 3 is 2.48 bits per heavy atom. The average molecular weight is 320 g/mol. The monoisotopic (exact) mass is 319 g/mol. The van der Waals surface area contributed by atoms with Crippen LogP contribution in [0.2, 0.25) is 5.02 Å². The van der Waals surface area contributed by atoms with E-state index in [2.05, 4.69) is 5.32 Å². The summed E-state index contributed by atoms with van der Waals surface area (Å²) in [5, 5.41) is 11.4. The number of carbonyl (C=O) groups is 2. The van der Waals surface area contributed by atoms with E-state index in [9.17, 15) is 18.4 Å². The van der Waals surface area contributed by atoms with Gasteiger partial charge in [0.2, 0.25) is 12.3 Å². The van der Waals surface area contributed by atoms with Crippen LogP contribution in [-0.2, 0) is 16.0 Å². The second kappa shape index (κ2) is 7.93. The zero-order valence-electron chi connectivity index (χ0n) is 11.4. The zero-order valence-corrected chi connectivity index (χ0v) is 12.1. The third-order valence-corrected chi connectivity index (χ3v) is 3.33. The average Bonchev–Trinajstić information content (AvgIpc) is 2.39. The van der Waals surface area contributed by atoms with Gasteiger partial charge in [-0.15, -0.1) is 0 Å². The molecule has 1 aromatic carbocycles. The molecule has 2 unspecified atom stereocenters. The van der Waals surface area contributed by atoms with Crippen molar-refractivity contribution in [2.24, 2.45) is 5.92 Å². The van der Waals surface area contributed by atoms with Crippen molar-refractivity contribution in [3.8, 4) is 0 Å². The van der Waals surface area contributed by atoms with Gasteiger partial charge in [0.15, 0.2) is 0 Å². The van der Waals surface area contributed by atoms with Crippen molar-refractivity contribution in [1.29, 1.82) is 0 Å².